The normalized spacial score (nSPS) is 12.2. The summed E-state index contributed by atoms with van der Waals surface area (Å²) in [7, 11) is 0. The van der Waals surface area contributed by atoms with Gasteiger partial charge in [0.1, 0.15) is 6.04 Å². The third-order valence-corrected chi connectivity index (χ3v) is 2.26. The summed E-state index contributed by atoms with van der Waals surface area (Å²) in [5.41, 5.74) is 2.55. The zero-order valence-electron chi connectivity index (χ0n) is 9.24. The molecule has 1 aromatic rings. The smallest absolute Gasteiger partial charge is 0.326 e. The van der Waals surface area contributed by atoms with Crippen molar-refractivity contribution in [1.29, 1.82) is 0 Å². The molecule has 0 aliphatic carbocycles. The molecule has 1 unspecified atom stereocenters. The van der Waals surface area contributed by atoms with E-state index in [1.54, 1.807) is 0 Å². The van der Waals surface area contributed by atoms with Crippen molar-refractivity contribution in [3.63, 3.8) is 0 Å². The van der Waals surface area contributed by atoms with Crippen LogP contribution in [0.15, 0.2) is 12.1 Å². The topological polar surface area (TPSA) is 62.2 Å². The second kappa shape index (κ2) is 4.77. The number of nitrogens with zero attached hydrogens (tertiary/aromatic N) is 1. The Labute approximate surface area is 89.3 Å². The molecule has 0 aromatic carbocycles. The van der Waals surface area contributed by atoms with Gasteiger partial charge in [-0.15, -0.1) is 0 Å². The van der Waals surface area contributed by atoms with E-state index in [1.807, 2.05) is 32.9 Å². The number of aromatic nitrogens is 1. The highest BCUT2D eigenvalue weighted by molar-refractivity contribution is 5.77. The summed E-state index contributed by atoms with van der Waals surface area (Å²) in [5, 5.41) is 11.9. The Balaban J connectivity index is 2.84. The monoisotopic (exact) mass is 208 g/mol. The quantitative estimate of drug-likeness (QED) is 0.794. The molecule has 0 aliphatic heterocycles. The van der Waals surface area contributed by atoms with E-state index in [4.69, 9.17) is 5.11 Å². The number of pyridine rings is 1. The summed E-state index contributed by atoms with van der Waals surface area (Å²) in [6.45, 7) is 5.61. The van der Waals surface area contributed by atoms with Crippen LogP contribution in [0.1, 0.15) is 24.7 Å². The van der Waals surface area contributed by atoms with Crippen LogP contribution in [0.3, 0.4) is 0 Å². The largest absolute Gasteiger partial charge is 0.480 e. The molecule has 0 spiro atoms. The lowest BCUT2D eigenvalue weighted by Crippen LogP contribution is -2.28. The van der Waals surface area contributed by atoms with Gasteiger partial charge in [-0.25, -0.2) is 4.79 Å². The number of aliphatic carboxylic acids is 1. The maximum Gasteiger partial charge on any atom is 0.326 e. The SMILES string of the molecule is CCC(Nc1ccc(C)nc1C)C(=O)O. The number of carboxylic acids is 1. The molecular formula is C11H16N2O2. The van der Waals surface area contributed by atoms with Gasteiger partial charge >= 0.3 is 5.97 Å². The summed E-state index contributed by atoms with van der Waals surface area (Å²) >= 11 is 0. The minimum atomic E-state index is -0.836. The third-order valence-electron chi connectivity index (χ3n) is 2.26. The molecule has 0 amide bonds. The Morgan fingerprint density at radius 1 is 1.53 bits per heavy atom. The van der Waals surface area contributed by atoms with Crippen LogP contribution in [-0.2, 0) is 4.79 Å². The molecule has 1 atom stereocenters. The van der Waals surface area contributed by atoms with Gasteiger partial charge in [0.2, 0.25) is 0 Å². The summed E-state index contributed by atoms with van der Waals surface area (Å²) < 4.78 is 0. The van der Waals surface area contributed by atoms with Crippen molar-refractivity contribution in [3.8, 4) is 0 Å². The number of carbonyl (C=O) groups is 1. The summed E-state index contributed by atoms with van der Waals surface area (Å²) in [6, 6.07) is 3.18. The van der Waals surface area contributed by atoms with Crippen molar-refractivity contribution in [2.45, 2.75) is 33.2 Å². The van der Waals surface area contributed by atoms with E-state index in [9.17, 15) is 4.79 Å². The fraction of sp³-hybridized carbons (Fsp3) is 0.455. The number of rotatable bonds is 4. The molecule has 1 aromatic heterocycles. The predicted octanol–water partition coefficient (Wildman–Crippen LogP) is 1.97. The first kappa shape index (κ1) is 11.5. The lowest BCUT2D eigenvalue weighted by molar-refractivity contribution is -0.137. The molecule has 0 fully saturated rings. The molecule has 0 saturated heterocycles. The van der Waals surface area contributed by atoms with E-state index >= 15 is 0 Å². The van der Waals surface area contributed by atoms with Gasteiger partial charge in [0, 0.05) is 5.69 Å². The Morgan fingerprint density at radius 3 is 2.67 bits per heavy atom. The van der Waals surface area contributed by atoms with Crippen molar-refractivity contribution in [2.24, 2.45) is 0 Å². The van der Waals surface area contributed by atoms with Crippen molar-refractivity contribution < 1.29 is 9.90 Å². The van der Waals surface area contributed by atoms with E-state index in [1.165, 1.54) is 0 Å². The number of nitrogens with one attached hydrogen (secondary N) is 1. The van der Waals surface area contributed by atoms with Gasteiger partial charge in [-0.05, 0) is 32.4 Å². The predicted molar refractivity (Wildman–Crippen MR) is 59.0 cm³/mol. The molecule has 0 radical (unpaired) electrons. The first-order valence-electron chi connectivity index (χ1n) is 4.98. The van der Waals surface area contributed by atoms with Gasteiger partial charge in [-0.3, -0.25) is 4.98 Å². The maximum atomic E-state index is 10.8. The van der Waals surface area contributed by atoms with Gasteiger partial charge in [0.25, 0.3) is 0 Å². The van der Waals surface area contributed by atoms with E-state index in [2.05, 4.69) is 10.3 Å². The number of hydrogen-bond acceptors (Lipinski definition) is 3. The molecule has 0 bridgehead atoms. The van der Waals surface area contributed by atoms with Crippen LogP contribution < -0.4 is 5.32 Å². The number of carboxylic acid groups (broad SMARTS) is 1. The minimum Gasteiger partial charge on any atom is -0.480 e. The van der Waals surface area contributed by atoms with E-state index in [-0.39, 0.29) is 0 Å². The fourth-order valence-electron chi connectivity index (χ4n) is 1.37. The molecule has 82 valence electrons. The average molecular weight is 208 g/mol. The highest BCUT2D eigenvalue weighted by Gasteiger charge is 2.15. The van der Waals surface area contributed by atoms with Gasteiger partial charge in [0.15, 0.2) is 0 Å². The highest BCUT2D eigenvalue weighted by Crippen LogP contribution is 2.14. The van der Waals surface area contributed by atoms with Crippen LogP contribution in [0.25, 0.3) is 0 Å². The van der Waals surface area contributed by atoms with Crippen LogP contribution >= 0.6 is 0 Å². The first-order valence-corrected chi connectivity index (χ1v) is 4.98. The lowest BCUT2D eigenvalue weighted by atomic mass is 10.2. The molecule has 0 saturated carbocycles. The van der Waals surface area contributed by atoms with E-state index < -0.39 is 12.0 Å². The third kappa shape index (κ3) is 2.94. The molecule has 0 aliphatic rings. The molecule has 4 heteroatoms. The van der Waals surface area contributed by atoms with Crippen molar-refractivity contribution >= 4 is 11.7 Å². The summed E-state index contributed by atoms with van der Waals surface area (Å²) in [5.74, 6) is -0.836. The molecule has 1 heterocycles. The molecule has 1 rings (SSSR count). The minimum absolute atomic E-state index is 0.544. The number of anilines is 1. The van der Waals surface area contributed by atoms with Crippen LogP contribution in [0.4, 0.5) is 5.69 Å². The summed E-state index contributed by atoms with van der Waals surface area (Å²) in [4.78, 5) is 15.1. The molecule has 4 nitrogen and oxygen atoms in total. The van der Waals surface area contributed by atoms with Crippen molar-refractivity contribution in [1.82, 2.24) is 4.98 Å². The van der Waals surface area contributed by atoms with Gasteiger partial charge in [-0.1, -0.05) is 6.92 Å². The van der Waals surface area contributed by atoms with Gasteiger partial charge < -0.3 is 10.4 Å². The average Bonchev–Trinajstić information content (AvgIpc) is 2.16. The highest BCUT2D eigenvalue weighted by atomic mass is 16.4. The zero-order chi connectivity index (χ0) is 11.4. The first-order chi connectivity index (χ1) is 7.04. The molecule has 15 heavy (non-hydrogen) atoms. The Kier molecular flexibility index (Phi) is 3.66. The van der Waals surface area contributed by atoms with E-state index in [0.29, 0.717) is 6.42 Å². The maximum absolute atomic E-state index is 10.8. The van der Waals surface area contributed by atoms with Gasteiger partial charge in [0.05, 0.1) is 11.4 Å². The lowest BCUT2D eigenvalue weighted by Gasteiger charge is -2.15. The number of aryl methyl sites for hydroxylation is 2. The fourth-order valence-corrected chi connectivity index (χ4v) is 1.37. The van der Waals surface area contributed by atoms with Crippen LogP contribution in [0, 0.1) is 13.8 Å². The van der Waals surface area contributed by atoms with Crippen LogP contribution in [0.5, 0.6) is 0 Å². The Bertz CT molecular complexity index is 364. The second-order valence-corrected chi connectivity index (χ2v) is 3.53. The Morgan fingerprint density at radius 2 is 2.20 bits per heavy atom. The van der Waals surface area contributed by atoms with Crippen LogP contribution in [-0.4, -0.2) is 22.1 Å². The standard InChI is InChI=1S/C11H16N2O2/c1-4-9(11(14)15)13-10-6-5-7(2)12-8(10)3/h5-6,9,13H,4H2,1-3H3,(H,14,15). The molecular weight excluding hydrogens is 192 g/mol. The summed E-state index contributed by atoms with van der Waals surface area (Å²) in [6.07, 6.45) is 0.544. The van der Waals surface area contributed by atoms with E-state index in [0.717, 1.165) is 17.1 Å². The molecule has 2 N–H and O–H groups in total. The van der Waals surface area contributed by atoms with Gasteiger partial charge in [-0.2, -0.15) is 0 Å². The van der Waals surface area contributed by atoms with Crippen molar-refractivity contribution in [2.75, 3.05) is 5.32 Å². The van der Waals surface area contributed by atoms with Crippen molar-refractivity contribution in [3.05, 3.63) is 23.5 Å². The number of hydrogen-bond donors (Lipinski definition) is 2. The Hall–Kier alpha value is -1.58. The zero-order valence-corrected chi connectivity index (χ0v) is 9.24. The van der Waals surface area contributed by atoms with Crippen LogP contribution in [0.2, 0.25) is 0 Å². The second-order valence-electron chi connectivity index (χ2n) is 3.53.